The Hall–Kier alpha value is -2.99. The average molecular weight is 471 g/mol. The molecule has 0 unspecified atom stereocenters. The van der Waals surface area contributed by atoms with Gasteiger partial charge in [0.25, 0.3) is 0 Å². The molecule has 0 spiro atoms. The molecule has 1 aromatic carbocycles. The third-order valence-corrected chi connectivity index (χ3v) is 6.61. The Bertz CT molecular complexity index is 1410. The third kappa shape index (κ3) is 3.76. The van der Waals surface area contributed by atoms with Crippen LogP contribution in [0.15, 0.2) is 41.6 Å². The van der Waals surface area contributed by atoms with E-state index in [2.05, 4.69) is 20.1 Å². The zero-order valence-corrected chi connectivity index (χ0v) is 17.7. The van der Waals surface area contributed by atoms with Gasteiger partial charge in [-0.05, 0) is 41.9 Å². The summed E-state index contributed by atoms with van der Waals surface area (Å²) in [6.45, 7) is 1.48. The molecule has 0 radical (unpaired) electrons. The first-order valence-corrected chi connectivity index (χ1v) is 10.9. The Balaban J connectivity index is 1.99. The molecule has 0 saturated carbocycles. The van der Waals surface area contributed by atoms with Crippen molar-refractivity contribution in [1.29, 1.82) is 0 Å². The number of benzene rings is 1. The van der Waals surface area contributed by atoms with E-state index in [9.17, 15) is 21.6 Å². The fourth-order valence-electron chi connectivity index (χ4n) is 3.07. The summed E-state index contributed by atoms with van der Waals surface area (Å²) >= 11 is 5.75. The third-order valence-electron chi connectivity index (χ3n) is 4.68. The molecule has 4 aromatic rings. The highest BCUT2D eigenvalue weighted by molar-refractivity contribution is 7.91. The van der Waals surface area contributed by atoms with Crippen molar-refractivity contribution in [3.63, 3.8) is 0 Å². The van der Waals surface area contributed by atoms with Crippen LogP contribution in [0.2, 0.25) is 5.28 Å². The lowest BCUT2D eigenvalue weighted by Crippen LogP contribution is -2.10. The zero-order chi connectivity index (χ0) is 22.6. The number of aromatic nitrogens is 6. The highest BCUT2D eigenvalue weighted by Crippen LogP contribution is 2.34. The first kappa shape index (κ1) is 21.2. The molecule has 4 rings (SSSR count). The lowest BCUT2D eigenvalue weighted by atomic mass is 10.2. The molecular formula is C18H14ClF3N6O2S. The monoisotopic (exact) mass is 470 g/mol. The molecule has 0 atom stereocenters. The maximum Gasteiger partial charge on any atom is 0.416 e. The lowest BCUT2D eigenvalue weighted by Gasteiger charge is -2.11. The summed E-state index contributed by atoms with van der Waals surface area (Å²) < 4.78 is 67.4. The van der Waals surface area contributed by atoms with E-state index in [0.29, 0.717) is 5.52 Å². The maximum absolute atomic E-state index is 13.1. The van der Waals surface area contributed by atoms with E-state index in [-0.39, 0.29) is 38.8 Å². The Morgan fingerprint density at radius 1 is 1.13 bits per heavy atom. The molecule has 0 aliphatic carbocycles. The van der Waals surface area contributed by atoms with Gasteiger partial charge in [-0.15, -0.1) is 5.10 Å². The van der Waals surface area contributed by atoms with E-state index < -0.39 is 21.6 Å². The van der Waals surface area contributed by atoms with E-state index in [1.54, 1.807) is 7.05 Å². The van der Waals surface area contributed by atoms with Gasteiger partial charge >= 0.3 is 6.18 Å². The summed E-state index contributed by atoms with van der Waals surface area (Å²) in [6, 6.07) is 5.92. The van der Waals surface area contributed by atoms with Gasteiger partial charge in [0.1, 0.15) is 12.0 Å². The number of sulfone groups is 1. The Labute approximate surface area is 179 Å². The summed E-state index contributed by atoms with van der Waals surface area (Å²) in [7, 11) is -2.15. The van der Waals surface area contributed by atoms with Crippen LogP contribution in [0.25, 0.3) is 28.4 Å². The van der Waals surface area contributed by atoms with Crippen LogP contribution in [-0.4, -0.2) is 43.5 Å². The summed E-state index contributed by atoms with van der Waals surface area (Å²) in [6.07, 6.45) is -3.24. The average Bonchev–Trinajstić information content (AvgIpc) is 3.30. The van der Waals surface area contributed by atoms with E-state index in [4.69, 9.17) is 11.6 Å². The fraction of sp³-hybridized carbons (Fsp3) is 0.222. The minimum atomic E-state index is -4.53. The quantitative estimate of drug-likeness (QED) is 0.451. The predicted molar refractivity (Wildman–Crippen MR) is 107 cm³/mol. The molecule has 31 heavy (non-hydrogen) atoms. The van der Waals surface area contributed by atoms with Crippen molar-refractivity contribution in [2.24, 2.45) is 7.05 Å². The van der Waals surface area contributed by atoms with Crippen molar-refractivity contribution < 1.29 is 21.6 Å². The molecule has 0 amide bonds. The molecule has 13 heteroatoms. The number of aryl methyl sites for hydroxylation is 1. The Morgan fingerprint density at radius 3 is 2.48 bits per heavy atom. The topological polar surface area (TPSA) is 95.6 Å². The molecule has 3 aromatic heterocycles. The number of pyridine rings is 1. The minimum absolute atomic E-state index is 0.0155. The number of nitrogens with zero attached hydrogens (tertiary/aromatic N) is 6. The molecule has 162 valence electrons. The molecule has 0 saturated heterocycles. The van der Waals surface area contributed by atoms with Crippen LogP contribution < -0.4 is 0 Å². The van der Waals surface area contributed by atoms with E-state index in [0.717, 1.165) is 12.1 Å². The van der Waals surface area contributed by atoms with Gasteiger partial charge in [-0.1, -0.05) is 6.92 Å². The normalized spacial score (nSPS) is 12.6. The minimum Gasteiger partial charge on any atom is -0.326 e. The van der Waals surface area contributed by atoms with Gasteiger partial charge < -0.3 is 4.57 Å². The number of fused-ring (bicyclic) bond motifs is 1. The van der Waals surface area contributed by atoms with Crippen molar-refractivity contribution in [2.45, 2.75) is 18.0 Å². The highest BCUT2D eigenvalue weighted by Gasteiger charge is 2.31. The van der Waals surface area contributed by atoms with Crippen LogP contribution in [0, 0.1) is 0 Å². The van der Waals surface area contributed by atoms with Crippen LogP contribution in [-0.2, 0) is 23.1 Å². The van der Waals surface area contributed by atoms with E-state index in [1.165, 1.54) is 40.7 Å². The second-order valence-corrected chi connectivity index (χ2v) is 9.16. The van der Waals surface area contributed by atoms with Gasteiger partial charge in [-0.25, -0.2) is 28.1 Å². The number of hydrogen-bond acceptors (Lipinski definition) is 6. The van der Waals surface area contributed by atoms with Crippen molar-refractivity contribution in [1.82, 2.24) is 29.3 Å². The molecule has 0 fully saturated rings. The molecule has 3 heterocycles. The summed E-state index contributed by atoms with van der Waals surface area (Å²) in [5, 5.41) is 3.91. The summed E-state index contributed by atoms with van der Waals surface area (Å²) in [4.78, 5) is 12.4. The smallest absolute Gasteiger partial charge is 0.326 e. The standard InChI is InChI=1S/C18H14ClF3N6O2S/c1-3-31(29,30)13-6-7-14(28-9-23-17(19)26-28)25-15(13)16-24-11-8-10(18(20,21)22)4-5-12(11)27(16)2/h4-9H,3H2,1-2H3. The van der Waals surface area contributed by atoms with Crippen LogP contribution in [0.4, 0.5) is 13.2 Å². The van der Waals surface area contributed by atoms with Gasteiger partial charge in [-0.3, -0.25) is 0 Å². The van der Waals surface area contributed by atoms with E-state index in [1.807, 2.05) is 0 Å². The van der Waals surface area contributed by atoms with Crippen LogP contribution in [0.5, 0.6) is 0 Å². The molecule has 0 aliphatic heterocycles. The predicted octanol–water partition coefficient (Wildman–Crippen LogP) is 3.68. The first-order valence-electron chi connectivity index (χ1n) is 8.86. The molecule has 8 nitrogen and oxygen atoms in total. The Kier molecular flexibility index (Phi) is 5.01. The van der Waals surface area contributed by atoms with Crippen LogP contribution in [0.1, 0.15) is 12.5 Å². The first-order chi connectivity index (χ1) is 14.5. The lowest BCUT2D eigenvalue weighted by molar-refractivity contribution is -0.137. The van der Waals surface area contributed by atoms with Crippen molar-refractivity contribution in [2.75, 3.05) is 5.75 Å². The zero-order valence-electron chi connectivity index (χ0n) is 16.1. The van der Waals surface area contributed by atoms with Gasteiger partial charge in [-0.2, -0.15) is 13.2 Å². The van der Waals surface area contributed by atoms with Gasteiger partial charge in [0.15, 0.2) is 21.5 Å². The summed E-state index contributed by atoms with van der Waals surface area (Å²) in [5.74, 6) is 0.111. The number of rotatable bonds is 4. The van der Waals surface area contributed by atoms with Crippen LogP contribution >= 0.6 is 11.6 Å². The van der Waals surface area contributed by atoms with Gasteiger partial charge in [0.05, 0.1) is 27.2 Å². The number of imidazole rings is 1. The fourth-order valence-corrected chi connectivity index (χ4v) is 4.21. The SMILES string of the molecule is CCS(=O)(=O)c1ccc(-n2cnc(Cl)n2)nc1-c1nc2cc(C(F)(F)F)ccc2n1C. The highest BCUT2D eigenvalue weighted by atomic mass is 35.5. The second-order valence-electron chi connectivity index (χ2n) is 6.57. The number of alkyl halides is 3. The largest absolute Gasteiger partial charge is 0.416 e. The Morgan fingerprint density at radius 2 is 1.87 bits per heavy atom. The van der Waals surface area contributed by atoms with Gasteiger partial charge in [0, 0.05) is 7.05 Å². The van der Waals surface area contributed by atoms with E-state index >= 15 is 0 Å². The molecule has 0 aliphatic rings. The number of hydrogen-bond donors (Lipinski definition) is 0. The van der Waals surface area contributed by atoms with Gasteiger partial charge in [0.2, 0.25) is 5.28 Å². The molecule has 0 bridgehead atoms. The van der Waals surface area contributed by atoms with Crippen molar-refractivity contribution in [3.8, 4) is 17.3 Å². The summed E-state index contributed by atoms with van der Waals surface area (Å²) in [5.41, 5.74) is -0.426. The maximum atomic E-state index is 13.1. The molecule has 0 N–H and O–H groups in total. The van der Waals surface area contributed by atoms with Crippen molar-refractivity contribution >= 4 is 32.5 Å². The molecular weight excluding hydrogens is 457 g/mol. The van der Waals surface area contributed by atoms with Crippen molar-refractivity contribution in [3.05, 3.63) is 47.5 Å². The van der Waals surface area contributed by atoms with Crippen LogP contribution in [0.3, 0.4) is 0 Å². The number of halogens is 4. The second kappa shape index (κ2) is 7.31.